The molecule has 1 aromatic carbocycles. The van der Waals surface area contributed by atoms with E-state index in [2.05, 4.69) is 5.32 Å². The number of furan rings is 1. The lowest BCUT2D eigenvalue weighted by atomic mass is 10.2. The zero-order chi connectivity index (χ0) is 15.9. The van der Waals surface area contributed by atoms with Crippen molar-refractivity contribution in [2.45, 2.75) is 13.0 Å². The van der Waals surface area contributed by atoms with Crippen molar-refractivity contribution in [2.75, 3.05) is 27.2 Å². The standard InChI is InChI=1S/C17H22N2O3/c1-13-6-4-7-14(10-13)22-12-17(20)18-11-15(19(2)3)16-8-5-9-21-16/h4-10,15H,11-12H2,1-3H3,(H,18,20)/t15-/m1/s1. The molecule has 0 fully saturated rings. The number of rotatable bonds is 7. The molecular weight excluding hydrogens is 280 g/mol. The van der Waals surface area contributed by atoms with Gasteiger partial charge in [-0.3, -0.25) is 9.69 Å². The van der Waals surface area contributed by atoms with Crippen molar-refractivity contribution < 1.29 is 13.9 Å². The van der Waals surface area contributed by atoms with Gasteiger partial charge < -0.3 is 14.5 Å². The van der Waals surface area contributed by atoms with Gasteiger partial charge in [-0.05, 0) is 50.8 Å². The highest BCUT2D eigenvalue weighted by atomic mass is 16.5. The molecule has 1 amide bonds. The van der Waals surface area contributed by atoms with Crippen molar-refractivity contribution in [3.63, 3.8) is 0 Å². The predicted octanol–water partition coefficient (Wildman–Crippen LogP) is 2.39. The lowest BCUT2D eigenvalue weighted by Crippen LogP contribution is -2.36. The summed E-state index contributed by atoms with van der Waals surface area (Å²) >= 11 is 0. The number of hydrogen-bond donors (Lipinski definition) is 1. The Labute approximate surface area is 130 Å². The lowest BCUT2D eigenvalue weighted by molar-refractivity contribution is -0.123. The SMILES string of the molecule is Cc1cccc(OCC(=O)NC[C@H](c2ccco2)N(C)C)c1. The second kappa shape index (κ2) is 7.66. The molecule has 5 nitrogen and oxygen atoms in total. The van der Waals surface area contributed by atoms with Gasteiger partial charge in [0.1, 0.15) is 11.5 Å². The fraction of sp³-hybridized carbons (Fsp3) is 0.353. The Morgan fingerprint density at radius 1 is 1.32 bits per heavy atom. The molecule has 0 radical (unpaired) electrons. The van der Waals surface area contributed by atoms with Crippen LogP contribution in [-0.4, -0.2) is 38.1 Å². The van der Waals surface area contributed by atoms with Crippen molar-refractivity contribution in [2.24, 2.45) is 0 Å². The van der Waals surface area contributed by atoms with Crippen LogP contribution in [0.1, 0.15) is 17.4 Å². The first-order valence-electron chi connectivity index (χ1n) is 7.22. The molecule has 0 saturated heterocycles. The number of aryl methyl sites for hydroxylation is 1. The van der Waals surface area contributed by atoms with E-state index in [1.165, 1.54) is 0 Å². The van der Waals surface area contributed by atoms with Crippen LogP contribution in [0.5, 0.6) is 5.75 Å². The van der Waals surface area contributed by atoms with Crippen LogP contribution in [0.25, 0.3) is 0 Å². The van der Waals surface area contributed by atoms with E-state index in [1.54, 1.807) is 6.26 Å². The van der Waals surface area contributed by atoms with Gasteiger partial charge >= 0.3 is 0 Å². The van der Waals surface area contributed by atoms with E-state index < -0.39 is 0 Å². The number of carbonyl (C=O) groups excluding carboxylic acids is 1. The molecule has 0 spiro atoms. The molecule has 5 heteroatoms. The number of nitrogens with zero attached hydrogens (tertiary/aromatic N) is 1. The second-order valence-electron chi connectivity index (χ2n) is 5.40. The summed E-state index contributed by atoms with van der Waals surface area (Å²) in [5.74, 6) is 1.37. The van der Waals surface area contributed by atoms with Crippen molar-refractivity contribution in [1.29, 1.82) is 0 Å². The Kier molecular flexibility index (Phi) is 5.61. The van der Waals surface area contributed by atoms with E-state index in [0.29, 0.717) is 12.3 Å². The molecule has 1 aromatic heterocycles. The summed E-state index contributed by atoms with van der Waals surface area (Å²) in [7, 11) is 3.89. The maximum atomic E-state index is 11.9. The summed E-state index contributed by atoms with van der Waals surface area (Å²) in [6, 6.07) is 11.4. The minimum Gasteiger partial charge on any atom is -0.484 e. The van der Waals surface area contributed by atoms with Crippen LogP contribution in [0.2, 0.25) is 0 Å². The number of hydrogen-bond acceptors (Lipinski definition) is 4. The fourth-order valence-corrected chi connectivity index (χ4v) is 2.13. The Bertz CT molecular complexity index is 594. The van der Waals surface area contributed by atoms with Crippen LogP contribution >= 0.6 is 0 Å². The number of likely N-dealkylation sites (N-methyl/N-ethyl adjacent to an activating group) is 1. The maximum Gasteiger partial charge on any atom is 0.258 e. The highest BCUT2D eigenvalue weighted by molar-refractivity contribution is 5.77. The third-order valence-electron chi connectivity index (χ3n) is 3.35. The van der Waals surface area contributed by atoms with Gasteiger partial charge in [-0.2, -0.15) is 0 Å². The summed E-state index contributed by atoms with van der Waals surface area (Å²) in [5, 5.41) is 2.87. The van der Waals surface area contributed by atoms with Crippen molar-refractivity contribution >= 4 is 5.91 Å². The van der Waals surface area contributed by atoms with E-state index in [-0.39, 0.29) is 18.6 Å². The average Bonchev–Trinajstić information content (AvgIpc) is 2.99. The molecule has 1 heterocycles. The van der Waals surface area contributed by atoms with Crippen molar-refractivity contribution in [3.05, 3.63) is 54.0 Å². The molecule has 118 valence electrons. The zero-order valence-electron chi connectivity index (χ0n) is 13.2. The normalized spacial score (nSPS) is 12.2. The number of benzene rings is 1. The summed E-state index contributed by atoms with van der Waals surface area (Å²) in [6.45, 7) is 2.45. The average molecular weight is 302 g/mol. The van der Waals surface area contributed by atoms with Crippen molar-refractivity contribution in [3.8, 4) is 5.75 Å². The van der Waals surface area contributed by atoms with Crippen LogP contribution < -0.4 is 10.1 Å². The topological polar surface area (TPSA) is 54.7 Å². The monoisotopic (exact) mass is 302 g/mol. The van der Waals surface area contributed by atoms with Gasteiger partial charge in [-0.15, -0.1) is 0 Å². The molecule has 0 saturated carbocycles. The number of carbonyl (C=O) groups is 1. The Morgan fingerprint density at radius 3 is 2.77 bits per heavy atom. The molecule has 0 bridgehead atoms. The third kappa shape index (κ3) is 4.63. The van der Waals surface area contributed by atoms with Gasteiger partial charge in [0.15, 0.2) is 6.61 Å². The Hall–Kier alpha value is -2.27. The van der Waals surface area contributed by atoms with Crippen LogP contribution in [0.3, 0.4) is 0 Å². The second-order valence-corrected chi connectivity index (χ2v) is 5.40. The van der Waals surface area contributed by atoms with Gasteiger partial charge in [-0.25, -0.2) is 0 Å². The van der Waals surface area contributed by atoms with E-state index in [1.807, 2.05) is 62.3 Å². The number of ether oxygens (including phenoxy) is 1. The number of nitrogens with one attached hydrogen (secondary N) is 1. The molecular formula is C17H22N2O3. The summed E-state index contributed by atoms with van der Waals surface area (Å²) < 4.78 is 10.9. The fourth-order valence-electron chi connectivity index (χ4n) is 2.13. The van der Waals surface area contributed by atoms with Gasteiger partial charge in [0.2, 0.25) is 0 Å². The lowest BCUT2D eigenvalue weighted by Gasteiger charge is -2.22. The minimum atomic E-state index is -0.153. The first kappa shape index (κ1) is 16.1. The first-order chi connectivity index (χ1) is 10.6. The highest BCUT2D eigenvalue weighted by Crippen LogP contribution is 2.17. The Balaban J connectivity index is 1.81. The van der Waals surface area contributed by atoms with E-state index in [0.717, 1.165) is 11.3 Å². The maximum absolute atomic E-state index is 11.9. The molecule has 2 rings (SSSR count). The van der Waals surface area contributed by atoms with Gasteiger partial charge in [0.05, 0.1) is 12.3 Å². The van der Waals surface area contributed by atoms with Crippen LogP contribution in [0.4, 0.5) is 0 Å². The quantitative estimate of drug-likeness (QED) is 0.853. The number of amides is 1. The molecule has 0 aliphatic rings. The summed E-state index contributed by atoms with van der Waals surface area (Å²) in [4.78, 5) is 13.9. The molecule has 0 aliphatic heterocycles. The van der Waals surface area contributed by atoms with Crippen LogP contribution in [-0.2, 0) is 4.79 Å². The van der Waals surface area contributed by atoms with Crippen LogP contribution in [0, 0.1) is 6.92 Å². The predicted molar refractivity (Wildman–Crippen MR) is 84.8 cm³/mol. The largest absolute Gasteiger partial charge is 0.484 e. The molecule has 1 atom stereocenters. The van der Waals surface area contributed by atoms with Crippen LogP contribution in [0.15, 0.2) is 47.1 Å². The third-order valence-corrected chi connectivity index (χ3v) is 3.35. The van der Waals surface area contributed by atoms with Gasteiger partial charge in [0, 0.05) is 6.54 Å². The highest BCUT2D eigenvalue weighted by Gasteiger charge is 2.17. The summed E-state index contributed by atoms with van der Waals surface area (Å²) in [6.07, 6.45) is 1.63. The van der Waals surface area contributed by atoms with E-state index in [9.17, 15) is 4.79 Å². The molecule has 1 N–H and O–H groups in total. The van der Waals surface area contributed by atoms with E-state index >= 15 is 0 Å². The first-order valence-corrected chi connectivity index (χ1v) is 7.22. The minimum absolute atomic E-state index is 0.00174. The van der Waals surface area contributed by atoms with E-state index in [4.69, 9.17) is 9.15 Å². The van der Waals surface area contributed by atoms with Crippen molar-refractivity contribution in [1.82, 2.24) is 10.2 Å². The molecule has 0 aliphatic carbocycles. The zero-order valence-corrected chi connectivity index (χ0v) is 13.2. The molecule has 0 unspecified atom stereocenters. The Morgan fingerprint density at radius 2 is 2.14 bits per heavy atom. The smallest absolute Gasteiger partial charge is 0.258 e. The van der Waals surface area contributed by atoms with Gasteiger partial charge in [-0.1, -0.05) is 12.1 Å². The molecule has 22 heavy (non-hydrogen) atoms. The van der Waals surface area contributed by atoms with Gasteiger partial charge in [0.25, 0.3) is 5.91 Å². The summed E-state index contributed by atoms with van der Waals surface area (Å²) in [5.41, 5.74) is 1.10. The molecule has 2 aromatic rings.